The normalized spacial score (nSPS) is 11.7. The van der Waals surface area contributed by atoms with Crippen LogP contribution in [-0.2, 0) is 9.59 Å². The predicted octanol–water partition coefficient (Wildman–Crippen LogP) is -0.305. The standard InChI is InChI=1S/C7H9NO4/c8-2-1-5(9)3-6(10)4-7(11)12/h6,10H,1,3-4H2,(H,11,12)/t6-/m1/s1. The molecular weight excluding hydrogens is 162 g/mol. The predicted molar refractivity (Wildman–Crippen MR) is 38.1 cm³/mol. The van der Waals surface area contributed by atoms with Crippen LogP contribution >= 0.6 is 0 Å². The van der Waals surface area contributed by atoms with Crippen LogP contribution in [0.25, 0.3) is 0 Å². The molecule has 0 saturated heterocycles. The molecule has 0 rings (SSSR count). The Morgan fingerprint density at radius 2 is 2.00 bits per heavy atom. The second kappa shape index (κ2) is 5.27. The van der Waals surface area contributed by atoms with Crippen LogP contribution in [0.1, 0.15) is 19.3 Å². The average molecular weight is 171 g/mol. The van der Waals surface area contributed by atoms with Crippen molar-refractivity contribution in [3.05, 3.63) is 0 Å². The second-order valence-corrected chi connectivity index (χ2v) is 2.33. The summed E-state index contributed by atoms with van der Waals surface area (Å²) in [7, 11) is 0. The fraction of sp³-hybridized carbons (Fsp3) is 0.571. The van der Waals surface area contributed by atoms with Crippen molar-refractivity contribution < 1.29 is 19.8 Å². The van der Waals surface area contributed by atoms with Crippen molar-refractivity contribution in [2.24, 2.45) is 0 Å². The van der Waals surface area contributed by atoms with Crippen LogP contribution in [0.5, 0.6) is 0 Å². The van der Waals surface area contributed by atoms with Crippen LogP contribution in [0.3, 0.4) is 0 Å². The number of carboxylic acid groups (broad SMARTS) is 1. The molecule has 0 unspecified atom stereocenters. The third-order valence-electron chi connectivity index (χ3n) is 1.15. The van der Waals surface area contributed by atoms with E-state index in [1.54, 1.807) is 6.07 Å². The van der Waals surface area contributed by atoms with Gasteiger partial charge in [0, 0.05) is 6.42 Å². The molecule has 0 heterocycles. The van der Waals surface area contributed by atoms with Crippen molar-refractivity contribution >= 4 is 11.8 Å². The highest BCUT2D eigenvalue weighted by Crippen LogP contribution is 2.00. The Bertz CT molecular complexity index is 218. The number of carbonyl (C=O) groups is 2. The number of hydrogen-bond acceptors (Lipinski definition) is 4. The molecule has 2 N–H and O–H groups in total. The van der Waals surface area contributed by atoms with Gasteiger partial charge in [-0.05, 0) is 0 Å². The van der Waals surface area contributed by atoms with Gasteiger partial charge < -0.3 is 10.2 Å². The van der Waals surface area contributed by atoms with E-state index in [-0.39, 0.29) is 12.8 Å². The average Bonchev–Trinajstić information content (AvgIpc) is 1.84. The fourth-order valence-electron chi connectivity index (χ4n) is 0.697. The molecule has 0 saturated carbocycles. The van der Waals surface area contributed by atoms with Gasteiger partial charge in [-0.15, -0.1) is 0 Å². The molecule has 12 heavy (non-hydrogen) atoms. The Hall–Kier alpha value is -1.41. The SMILES string of the molecule is N#CCC(=O)C[C@@H](O)CC(=O)O. The number of Topliss-reactive ketones (excluding diaryl/α,β-unsaturated/α-hetero) is 1. The van der Waals surface area contributed by atoms with Crippen molar-refractivity contribution in [2.75, 3.05) is 0 Å². The molecule has 0 aliphatic rings. The maximum absolute atomic E-state index is 10.7. The monoisotopic (exact) mass is 171 g/mol. The second-order valence-electron chi connectivity index (χ2n) is 2.33. The highest BCUT2D eigenvalue weighted by Gasteiger charge is 2.13. The third kappa shape index (κ3) is 5.38. The quantitative estimate of drug-likeness (QED) is 0.591. The van der Waals surface area contributed by atoms with E-state index in [0.717, 1.165) is 0 Å². The van der Waals surface area contributed by atoms with Crippen molar-refractivity contribution in [1.82, 2.24) is 0 Å². The summed E-state index contributed by atoms with van der Waals surface area (Å²) in [4.78, 5) is 20.7. The number of aliphatic hydroxyl groups excluding tert-OH is 1. The molecule has 0 radical (unpaired) electrons. The first-order valence-corrected chi connectivity index (χ1v) is 3.34. The number of carboxylic acids is 1. The molecule has 5 nitrogen and oxygen atoms in total. The first kappa shape index (κ1) is 10.6. The number of nitrogens with zero attached hydrogens (tertiary/aromatic N) is 1. The van der Waals surface area contributed by atoms with Crippen LogP contribution < -0.4 is 0 Å². The smallest absolute Gasteiger partial charge is 0.305 e. The highest BCUT2D eigenvalue weighted by atomic mass is 16.4. The molecule has 0 aromatic carbocycles. The van der Waals surface area contributed by atoms with Gasteiger partial charge in [0.25, 0.3) is 0 Å². The Labute approximate surface area is 69.2 Å². The van der Waals surface area contributed by atoms with Crippen molar-refractivity contribution in [3.63, 3.8) is 0 Å². The van der Waals surface area contributed by atoms with E-state index in [0.29, 0.717) is 0 Å². The molecule has 0 aromatic heterocycles. The van der Waals surface area contributed by atoms with E-state index >= 15 is 0 Å². The zero-order valence-corrected chi connectivity index (χ0v) is 6.36. The highest BCUT2D eigenvalue weighted by molar-refractivity contribution is 5.81. The summed E-state index contributed by atoms with van der Waals surface area (Å²) < 4.78 is 0. The minimum atomic E-state index is -1.18. The van der Waals surface area contributed by atoms with Gasteiger partial charge in [0.1, 0.15) is 5.78 Å². The fourth-order valence-corrected chi connectivity index (χ4v) is 0.697. The van der Waals surface area contributed by atoms with E-state index in [9.17, 15) is 9.59 Å². The van der Waals surface area contributed by atoms with Gasteiger partial charge in [0.2, 0.25) is 0 Å². The van der Waals surface area contributed by atoms with E-state index in [4.69, 9.17) is 15.5 Å². The van der Waals surface area contributed by atoms with E-state index in [2.05, 4.69) is 0 Å². The lowest BCUT2D eigenvalue weighted by molar-refractivity contribution is -0.139. The Balaban J connectivity index is 3.70. The summed E-state index contributed by atoms with van der Waals surface area (Å²) in [5.74, 6) is -1.60. The van der Waals surface area contributed by atoms with Crippen LogP contribution in [0, 0.1) is 11.3 Å². The maximum atomic E-state index is 10.7. The van der Waals surface area contributed by atoms with Crippen molar-refractivity contribution in [1.29, 1.82) is 5.26 Å². The third-order valence-corrected chi connectivity index (χ3v) is 1.15. The maximum Gasteiger partial charge on any atom is 0.305 e. The lowest BCUT2D eigenvalue weighted by atomic mass is 10.1. The van der Waals surface area contributed by atoms with Crippen LogP contribution in [0.15, 0.2) is 0 Å². The minimum absolute atomic E-state index is 0.264. The van der Waals surface area contributed by atoms with Gasteiger partial charge in [-0.3, -0.25) is 9.59 Å². The molecule has 1 atom stereocenters. The number of carbonyl (C=O) groups excluding carboxylic acids is 1. The first-order chi connectivity index (χ1) is 5.56. The molecule has 0 amide bonds. The molecule has 66 valence electrons. The topological polar surface area (TPSA) is 98.4 Å². The number of nitriles is 1. The molecular formula is C7H9NO4. The van der Waals surface area contributed by atoms with Gasteiger partial charge in [-0.1, -0.05) is 0 Å². The Kier molecular flexibility index (Phi) is 4.65. The minimum Gasteiger partial charge on any atom is -0.481 e. The zero-order valence-electron chi connectivity index (χ0n) is 6.36. The number of aliphatic carboxylic acids is 1. The molecule has 0 spiro atoms. The van der Waals surface area contributed by atoms with E-state index in [1.165, 1.54) is 0 Å². The Morgan fingerprint density at radius 3 is 2.42 bits per heavy atom. The largest absolute Gasteiger partial charge is 0.481 e. The molecule has 5 heteroatoms. The molecule has 0 aliphatic carbocycles. The van der Waals surface area contributed by atoms with Gasteiger partial charge in [-0.25, -0.2) is 0 Å². The first-order valence-electron chi connectivity index (χ1n) is 3.34. The van der Waals surface area contributed by atoms with Crippen LogP contribution in [0.2, 0.25) is 0 Å². The number of ketones is 1. The Morgan fingerprint density at radius 1 is 1.42 bits per heavy atom. The van der Waals surface area contributed by atoms with Gasteiger partial charge in [-0.2, -0.15) is 5.26 Å². The summed E-state index contributed by atoms with van der Waals surface area (Å²) in [6.45, 7) is 0. The molecule has 0 aromatic rings. The molecule has 0 bridgehead atoms. The number of hydrogen-bond donors (Lipinski definition) is 2. The van der Waals surface area contributed by atoms with E-state index < -0.39 is 24.3 Å². The van der Waals surface area contributed by atoms with E-state index in [1.807, 2.05) is 0 Å². The zero-order chi connectivity index (χ0) is 9.56. The lowest BCUT2D eigenvalue weighted by Gasteiger charge is -2.03. The number of aliphatic hydroxyl groups is 1. The molecule has 0 fully saturated rings. The van der Waals surface area contributed by atoms with Gasteiger partial charge in [0.15, 0.2) is 0 Å². The number of rotatable bonds is 5. The molecule has 0 aliphatic heterocycles. The van der Waals surface area contributed by atoms with Gasteiger partial charge in [0.05, 0.1) is 25.0 Å². The van der Waals surface area contributed by atoms with Crippen molar-refractivity contribution in [3.8, 4) is 6.07 Å². The van der Waals surface area contributed by atoms with Crippen LogP contribution in [0.4, 0.5) is 0 Å². The van der Waals surface area contributed by atoms with Gasteiger partial charge >= 0.3 is 5.97 Å². The summed E-state index contributed by atoms with van der Waals surface area (Å²) >= 11 is 0. The summed E-state index contributed by atoms with van der Waals surface area (Å²) in [5.41, 5.74) is 0. The van der Waals surface area contributed by atoms with Crippen LogP contribution in [-0.4, -0.2) is 28.1 Å². The summed E-state index contributed by atoms with van der Waals surface area (Å²) in [6.07, 6.45) is -2.18. The summed E-state index contributed by atoms with van der Waals surface area (Å²) in [5, 5.41) is 25.2. The summed E-state index contributed by atoms with van der Waals surface area (Å²) in [6, 6.07) is 1.62. The lowest BCUT2D eigenvalue weighted by Crippen LogP contribution is -2.17. The van der Waals surface area contributed by atoms with Crippen molar-refractivity contribution in [2.45, 2.75) is 25.4 Å².